The van der Waals surface area contributed by atoms with E-state index in [1.807, 2.05) is 0 Å². The minimum Gasteiger partial charge on any atom is -0.497 e. The van der Waals surface area contributed by atoms with Gasteiger partial charge in [-0.25, -0.2) is 4.79 Å². The van der Waals surface area contributed by atoms with Crippen LogP contribution in [0, 0.1) is 0 Å². The van der Waals surface area contributed by atoms with Crippen molar-refractivity contribution in [1.82, 2.24) is 5.32 Å². The van der Waals surface area contributed by atoms with Gasteiger partial charge < -0.3 is 19.6 Å². The molecule has 1 aromatic carbocycles. The molecule has 1 amide bonds. The number of hydrogen-bond donors (Lipinski definition) is 2. The number of benzene rings is 1. The van der Waals surface area contributed by atoms with Crippen LogP contribution >= 0.6 is 0 Å². The molecule has 2 aromatic rings. The minimum absolute atomic E-state index is 0.0557. The second-order valence-corrected chi connectivity index (χ2v) is 3.92. The van der Waals surface area contributed by atoms with Crippen molar-refractivity contribution < 1.29 is 23.8 Å². The summed E-state index contributed by atoms with van der Waals surface area (Å²) < 4.78 is 9.99. The summed E-state index contributed by atoms with van der Waals surface area (Å²) in [6.07, 6.45) is 0. The smallest absolute Gasteiger partial charge is 0.337 e. The van der Waals surface area contributed by atoms with Crippen LogP contribution < -0.4 is 15.7 Å². The molecule has 20 heavy (non-hydrogen) atoms. The van der Waals surface area contributed by atoms with E-state index in [9.17, 15) is 14.4 Å². The van der Waals surface area contributed by atoms with E-state index < -0.39 is 24.0 Å². The Hall–Kier alpha value is -2.83. The zero-order valence-electron chi connectivity index (χ0n) is 10.5. The Morgan fingerprint density at radius 1 is 1.35 bits per heavy atom. The summed E-state index contributed by atoms with van der Waals surface area (Å²) in [4.78, 5) is 33.8. The average Bonchev–Trinajstić information content (AvgIpc) is 2.42. The highest BCUT2D eigenvalue weighted by Gasteiger charge is 2.14. The van der Waals surface area contributed by atoms with Crippen molar-refractivity contribution in [1.29, 1.82) is 0 Å². The van der Waals surface area contributed by atoms with Gasteiger partial charge in [0.25, 0.3) is 5.91 Å². The van der Waals surface area contributed by atoms with E-state index in [-0.39, 0.29) is 11.1 Å². The van der Waals surface area contributed by atoms with Crippen molar-refractivity contribution in [2.75, 3.05) is 13.7 Å². The maximum atomic E-state index is 11.9. The van der Waals surface area contributed by atoms with Gasteiger partial charge in [-0.2, -0.15) is 0 Å². The molecular weight excluding hydrogens is 266 g/mol. The molecule has 0 aliphatic heterocycles. The van der Waals surface area contributed by atoms with Crippen molar-refractivity contribution in [2.45, 2.75) is 0 Å². The molecule has 0 aliphatic carbocycles. The number of fused-ring (bicyclic) bond motifs is 1. The lowest BCUT2D eigenvalue weighted by Crippen LogP contribution is -2.30. The molecule has 0 atom stereocenters. The summed E-state index contributed by atoms with van der Waals surface area (Å²) in [6, 6.07) is 5.67. The number of carbonyl (C=O) groups excluding carboxylic acids is 1. The maximum absolute atomic E-state index is 11.9. The monoisotopic (exact) mass is 277 g/mol. The molecule has 0 bridgehead atoms. The van der Waals surface area contributed by atoms with Gasteiger partial charge >= 0.3 is 11.6 Å². The zero-order chi connectivity index (χ0) is 14.7. The van der Waals surface area contributed by atoms with Crippen LogP contribution in [0.1, 0.15) is 10.4 Å². The molecule has 2 rings (SSSR count). The number of nitrogens with one attached hydrogen (secondary N) is 1. The molecule has 7 heteroatoms. The Labute approximate surface area is 112 Å². The van der Waals surface area contributed by atoms with E-state index in [0.717, 1.165) is 6.07 Å². The number of aliphatic carboxylic acids is 1. The summed E-state index contributed by atoms with van der Waals surface area (Å²) in [5, 5.41) is 11.1. The van der Waals surface area contributed by atoms with Crippen molar-refractivity contribution in [2.24, 2.45) is 0 Å². The quantitative estimate of drug-likeness (QED) is 0.793. The second-order valence-electron chi connectivity index (χ2n) is 3.92. The van der Waals surface area contributed by atoms with Crippen LogP contribution in [0.3, 0.4) is 0 Å². The first-order valence-corrected chi connectivity index (χ1v) is 5.63. The van der Waals surface area contributed by atoms with Gasteiger partial charge in [0.2, 0.25) is 0 Å². The van der Waals surface area contributed by atoms with Crippen LogP contribution in [0.5, 0.6) is 5.75 Å². The van der Waals surface area contributed by atoms with E-state index in [1.54, 1.807) is 12.1 Å². The van der Waals surface area contributed by atoms with E-state index in [0.29, 0.717) is 11.1 Å². The van der Waals surface area contributed by atoms with Crippen LogP contribution in [-0.4, -0.2) is 30.6 Å². The van der Waals surface area contributed by atoms with Crippen LogP contribution in [-0.2, 0) is 4.79 Å². The van der Waals surface area contributed by atoms with Crippen molar-refractivity contribution >= 4 is 22.8 Å². The van der Waals surface area contributed by atoms with E-state index in [2.05, 4.69) is 5.32 Å². The van der Waals surface area contributed by atoms with Crippen molar-refractivity contribution in [3.8, 4) is 5.75 Å². The molecule has 1 heterocycles. The first-order valence-electron chi connectivity index (χ1n) is 5.63. The molecule has 0 aliphatic rings. The molecule has 0 fully saturated rings. The van der Waals surface area contributed by atoms with Gasteiger partial charge in [-0.3, -0.25) is 9.59 Å². The standard InChI is InChI=1S/C13H11NO6/c1-19-7-2-3-8-9(13(18)14-6-11(15)16)5-12(17)20-10(8)4-7/h2-5H,6H2,1H3,(H,14,18)(H,15,16). The molecule has 0 saturated carbocycles. The number of amides is 1. The van der Waals surface area contributed by atoms with Gasteiger partial charge in [0.1, 0.15) is 17.9 Å². The highest BCUT2D eigenvalue weighted by atomic mass is 16.5. The molecule has 0 unspecified atom stereocenters. The molecule has 0 saturated heterocycles. The number of rotatable bonds is 4. The Kier molecular flexibility index (Phi) is 3.69. The topological polar surface area (TPSA) is 106 Å². The number of carboxylic acids is 1. The minimum atomic E-state index is -1.17. The lowest BCUT2D eigenvalue weighted by Gasteiger charge is -2.06. The fraction of sp³-hybridized carbons (Fsp3) is 0.154. The molecule has 1 aromatic heterocycles. The van der Waals surface area contributed by atoms with Crippen molar-refractivity contribution in [3.63, 3.8) is 0 Å². The first kappa shape index (κ1) is 13.6. The highest BCUT2D eigenvalue weighted by Crippen LogP contribution is 2.22. The predicted molar refractivity (Wildman–Crippen MR) is 69.0 cm³/mol. The van der Waals surface area contributed by atoms with Gasteiger partial charge in [-0.1, -0.05) is 0 Å². The van der Waals surface area contributed by atoms with Gasteiger partial charge in [-0.15, -0.1) is 0 Å². The molecule has 0 spiro atoms. The highest BCUT2D eigenvalue weighted by molar-refractivity contribution is 6.06. The summed E-state index contributed by atoms with van der Waals surface area (Å²) >= 11 is 0. The fourth-order valence-corrected chi connectivity index (χ4v) is 1.71. The molecular formula is C13H11NO6. The van der Waals surface area contributed by atoms with Crippen LogP contribution in [0.15, 0.2) is 33.5 Å². The number of carbonyl (C=O) groups is 2. The SMILES string of the molecule is COc1ccc2c(C(=O)NCC(=O)O)cc(=O)oc2c1. The van der Waals surface area contributed by atoms with Crippen LogP contribution in [0.25, 0.3) is 11.0 Å². The van der Waals surface area contributed by atoms with Crippen molar-refractivity contribution in [3.05, 3.63) is 40.2 Å². The van der Waals surface area contributed by atoms with Gasteiger partial charge in [0.05, 0.1) is 12.7 Å². The summed E-state index contributed by atoms with van der Waals surface area (Å²) in [5.74, 6) is -1.36. The summed E-state index contributed by atoms with van der Waals surface area (Å²) in [6.45, 7) is -0.531. The lowest BCUT2D eigenvalue weighted by atomic mass is 10.1. The van der Waals surface area contributed by atoms with Crippen LogP contribution in [0.2, 0.25) is 0 Å². The fourth-order valence-electron chi connectivity index (χ4n) is 1.71. The number of ether oxygens (including phenoxy) is 1. The summed E-state index contributed by atoms with van der Waals surface area (Å²) in [5.41, 5.74) is -0.455. The van der Waals surface area contributed by atoms with Gasteiger partial charge in [0, 0.05) is 17.5 Å². The average molecular weight is 277 g/mol. The normalized spacial score (nSPS) is 10.2. The Bertz CT molecular complexity index is 733. The largest absolute Gasteiger partial charge is 0.497 e. The van der Waals surface area contributed by atoms with E-state index in [4.69, 9.17) is 14.3 Å². The molecule has 104 valence electrons. The third-order valence-electron chi connectivity index (χ3n) is 2.60. The van der Waals surface area contributed by atoms with E-state index in [1.165, 1.54) is 13.2 Å². The van der Waals surface area contributed by atoms with E-state index >= 15 is 0 Å². The Balaban J connectivity index is 2.49. The maximum Gasteiger partial charge on any atom is 0.337 e. The molecule has 7 nitrogen and oxygen atoms in total. The number of carboxylic acid groups (broad SMARTS) is 1. The van der Waals surface area contributed by atoms with Crippen LogP contribution in [0.4, 0.5) is 0 Å². The summed E-state index contributed by atoms with van der Waals surface area (Å²) in [7, 11) is 1.46. The zero-order valence-corrected chi connectivity index (χ0v) is 10.5. The third-order valence-corrected chi connectivity index (χ3v) is 2.60. The number of methoxy groups -OCH3 is 1. The Morgan fingerprint density at radius 3 is 2.75 bits per heavy atom. The molecule has 2 N–H and O–H groups in total. The second kappa shape index (κ2) is 5.43. The van der Waals surface area contributed by atoms with Gasteiger partial charge in [0.15, 0.2) is 0 Å². The van der Waals surface area contributed by atoms with Gasteiger partial charge in [-0.05, 0) is 12.1 Å². The Morgan fingerprint density at radius 2 is 2.10 bits per heavy atom. The lowest BCUT2D eigenvalue weighted by molar-refractivity contribution is -0.135. The first-order chi connectivity index (χ1) is 9.51. The molecule has 0 radical (unpaired) electrons. The predicted octanol–water partition coefficient (Wildman–Crippen LogP) is 0.616. The third kappa shape index (κ3) is 2.77. The number of hydrogen-bond acceptors (Lipinski definition) is 5.